The van der Waals surface area contributed by atoms with E-state index in [0.29, 0.717) is 36.2 Å². The Morgan fingerprint density at radius 2 is 1.90 bits per heavy atom. The molecule has 0 spiro atoms. The molecule has 2 rings (SSSR count). The van der Waals surface area contributed by atoms with Crippen molar-refractivity contribution in [1.82, 2.24) is 15.6 Å². The predicted molar refractivity (Wildman–Crippen MR) is 124 cm³/mol. The van der Waals surface area contributed by atoms with E-state index in [1.165, 1.54) is 6.07 Å². The Kier molecular flexibility index (Phi) is 10.8. The number of nitrogens with one attached hydrogen (secondary N) is 2. The van der Waals surface area contributed by atoms with E-state index in [1.807, 2.05) is 24.8 Å². The van der Waals surface area contributed by atoms with E-state index in [0.717, 1.165) is 35.4 Å². The number of anilines is 1. The van der Waals surface area contributed by atoms with Crippen LogP contribution in [0.3, 0.4) is 0 Å². The smallest absolute Gasteiger partial charge is 0.370 e. The van der Waals surface area contributed by atoms with E-state index in [9.17, 15) is 17.6 Å². The normalized spacial score (nSPS) is 11.8. The number of alkyl halides is 3. The second-order valence-electron chi connectivity index (χ2n) is 6.18. The monoisotopic (exact) mass is 559 g/mol. The molecule has 0 aliphatic heterocycles. The highest BCUT2D eigenvalue weighted by atomic mass is 127. The Morgan fingerprint density at radius 1 is 1.20 bits per heavy atom. The van der Waals surface area contributed by atoms with Crippen LogP contribution in [-0.4, -0.2) is 37.6 Å². The molecule has 1 heterocycles. The number of aromatic nitrogens is 1. The lowest BCUT2D eigenvalue weighted by Gasteiger charge is -2.22. The zero-order valence-electron chi connectivity index (χ0n) is 17.0. The minimum atomic E-state index is -4.42. The van der Waals surface area contributed by atoms with E-state index in [4.69, 9.17) is 0 Å². The SMILES string of the molecule is CCN(CC)c1ccc(CNC(=NC)NCCc2nc(C(F)(F)F)cs2)cc1F.I. The minimum absolute atomic E-state index is 0. The van der Waals surface area contributed by atoms with Gasteiger partial charge in [0.05, 0.1) is 10.7 Å². The first-order valence-corrected chi connectivity index (χ1v) is 10.2. The summed E-state index contributed by atoms with van der Waals surface area (Å²) in [7, 11) is 1.59. The van der Waals surface area contributed by atoms with Crippen molar-refractivity contribution in [2.24, 2.45) is 4.99 Å². The molecule has 1 aromatic heterocycles. The summed E-state index contributed by atoms with van der Waals surface area (Å²) in [5.74, 6) is 0.200. The van der Waals surface area contributed by atoms with Crippen molar-refractivity contribution in [1.29, 1.82) is 0 Å². The zero-order valence-corrected chi connectivity index (χ0v) is 20.2. The molecular weight excluding hydrogens is 533 g/mol. The molecule has 0 saturated heterocycles. The van der Waals surface area contributed by atoms with Gasteiger partial charge in [-0.05, 0) is 31.5 Å². The average Bonchev–Trinajstić information content (AvgIpc) is 3.16. The summed E-state index contributed by atoms with van der Waals surface area (Å²) in [5.41, 5.74) is 0.467. The van der Waals surface area contributed by atoms with E-state index in [2.05, 4.69) is 20.6 Å². The van der Waals surface area contributed by atoms with Crippen molar-refractivity contribution < 1.29 is 17.6 Å². The van der Waals surface area contributed by atoms with Crippen LogP contribution in [0.1, 0.15) is 30.1 Å². The molecule has 2 N–H and O–H groups in total. The first-order chi connectivity index (χ1) is 13.8. The molecular formula is C19H26F4IN5S. The number of aliphatic imine (C=N–C) groups is 1. The average molecular weight is 559 g/mol. The van der Waals surface area contributed by atoms with Gasteiger partial charge in [0.15, 0.2) is 11.7 Å². The summed E-state index contributed by atoms with van der Waals surface area (Å²) >= 11 is 0.978. The van der Waals surface area contributed by atoms with E-state index in [1.54, 1.807) is 13.1 Å². The fraction of sp³-hybridized carbons (Fsp3) is 0.474. The lowest BCUT2D eigenvalue weighted by atomic mass is 10.2. The highest BCUT2D eigenvalue weighted by Crippen LogP contribution is 2.30. The zero-order chi connectivity index (χ0) is 21.4. The van der Waals surface area contributed by atoms with Crippen LogP contribution < -0.4 is 15.5 Å². The summed E-state index contributed by atoms with van der Waals surface area (Å²) in [6.45, 7) is 6.15. The largest absolute Gasteiger partial charge is 0.434 e. The van der Waals surface area contributed by atoms with Gasteiger partial charge in [-0.25, -0.2) is 9.37 Å². The van der Waals surface area contributed by atoms with E-state index in [-0.39, 0.29) is 29.8 Å². The van der Waals surface area contributed by atoms with Gasteiger partial charge in [0.25, 0.3) is 0 Å². The van der Waals surface area contributed by atoms with E-state index >= 15 is 0 Å². The number of hydrogen-bond acceptors (Lipinski definition) is 4. The molecule has 0 aliphatic carbocycles. The number of rotatable bonds is 8. The Balaban J connectivity index is 0.00000450. The van der Waals surface area contributed by atoms with Gasteiger partial charge in [-0.2, -0.15) is 13.2 Å². The third kappa shape index (κ3) is 7.56. The molecule has 0 bridgehead atoms. The fourth-order valence-electron chi connectivity index (χ4n) is 2.73. The van der Waals surface area contributed by atoms with Gasteiger partial charge in [-0.3, -0.25) is 4.99 Å². The molecule has 30 heavy (non-hydrogen) atoms. The molecule has 168 valence electrons. The van der Waals surface area contributed by atoms with Gasteiger partial charge < -0.3 is 15.5 Å². The van der Waals surface area contributed by atoms with Crippen molar-refractivity contribution in [2.75, 3.05) is 31.6 Å². The van der Waals surface area contributed by atoms with Crippen LogP contribution in [0.4, 0.5) is 23.2 Å². The Hall–Kier alpha value is -1.63. The van der Waals surface area contributed by atoms with Crippen LogP contribution in [0, 0.1) is 5.82 Å². The van der Waals surface area contributed by atoms with Crippen molar-refractivity contribution >= 4 is 47.0 Å². The Labute approximate surface area is 195 Å². The van der Waals surface area contributed by atoms with Crippen molar-refractivity contribution in [3.05, 3.63) is 45.7 Å². The van der Waals surface area contributed by atoms with Crippen LogP contribution >= 0.6 is 35.3 Å². The van der Waals surface area contributed by atoms with Gasteiger partial charge in [0.1, 0.15) is 5.82 Å². The Bertz CT molecular complexity index is 821. The summed E-state index contributed by atoms with van der Waals surface area (Å²) in [5, 5.41) is 7.50. The maximum atomic E-state index is 14.4. The third-order valence-corrected chi connectivity index (χ3v) is 5.18. The highest BCUT2D eigenvalue weighted by molar-refractivity contribution is 14.0. The van der Waals surface area contributed by atoms with Crippen molar-refractivity contribution in [3.63, 3.8) is 0 Å². The number of halogens is 5. The second-order valence-corrected chi connectivity index (χ2v) is 7.13. The Morgan fingerprint density at radius 3 is 2.43 bits per heavy atom. The molecule has 0 atom stereocenters. The summed E-state index contributed by atoms with van der Waals surface area (Å²) in [6.07, 6.45) is -4.08. The summed E-state index contributed by atoms with van der Waals surface area (Å²) in [6, 6.07) is 5.10. The number of benzene rings is 1. The lowest BCUT2D eigenvalue weighted by molar-refractivity contribution is -0.140. The van der Waals surface area contributed by atoms with Crippen molar-refractivity contribution in [2.45, 2.75) is 33.0 Å². The lowest BCUT2D eigenvalue weighted by Crippen LogP contribution is -2.37. The van der Waals surface area contributed by atoms with Crippen LogP contribution in [0.15, 0.2) is 28.6 Å². The number of guanidine groups is 1. The molecule has 0 saturated carbocycles. The van der Waals surface area contributed by atoms with Gasteiger partial charge in [-0.15, -0.1) is 35.3 Å². The standard InChI is InChI=1S/C19H25F4N5S.HI/c1-4-28(5-2)15-7-6-13(10-14(15)20)11-26-18(24-3)25-9-8-17-27-16(12-29-17)19(21,22)23;/h6-7,10,12H,4-5,8-9,11H2,1-3H3,(H2,24,25,26);1H. The number of hydrogen-bond donors (Lipinski definition) is 2. The maximum Gasteiger partial charge on any atom is 0.434 e. The number of nitrogens with zero attached hydrogens (tertiary/aromatic N) is 3. The molecule has 0 amide bonds. The van der Waals surface area contributed by atoms with Crippen molar-refractivity contribution in [3.8, 4) is 0 Å². The second kappa shape index (κ2) is 12.3. The molecule has 2 aromatic rings. The van der Waals surface area contributed by atoms with Crippen LogP contribution in [0.2, 0.25) is 0 Å². The first-order valence-electron chi connectivity index (χ1n) is 9.27. The predicted octanol–water partition coefficient (Wildman–Crippen LogP) is 4.67. The van der Waals surface area contributed by atoms with Gasteiger partial charge >= 0.3 is 6.18 Å². The molecule has 0 aliphatic rings. The molecule has 1 aromatic carbocycles. The third-order valence-electron chi connectivity index (χ3n) is 4.27. The summed E-state index contributed by atoms with van der Waals surface area (Å²) < 4.78 is 52.1. The molecule has 0 unspecified atom stereocenters. The van der Waals surface area contributed by atoms with Gasteiger partial charge in [0, 0.05) is 45.0 Å². The molecule has 0 radical (unpaired) electrons. The molecule has 5 nitrogen and oxygen atoms in total. The van der Waals surface area contributed by atoms with Gasteiger partial charge in [-0.1, -0.05) is 6.07 Å². The topological polar surface area (TPSA) is 52.5 Å². The van der Waals surface area contributed by atoms with Gasteiger partial charge in [0.2, 0.25) is 0 Å². The van der Waals surface area contributed by atoms with Crippen LogP contribution in [0.25, 0.3) is 0 Å². The highest BCUT2D eigenvalue weighted by Gasteiger charge is 2.33. The fourth-order valence-corrected chi connectivity index (χ4v) is 3.54. The summed E-state index contributed by atoms with van der Waals surface area (Å²) in [4.78, 5) is 9.60. The van der Waals surface area contributed by atoms with Crippen LogP contribution in [-0.2, 0) is 19.1 Å². The molecule has 11 heteroatoms. The van der Waals surface area contributed by atoms with Crippen LogP contribution in [0.5, 0.6) is 0 Å². The minimum Gasteiger partial charge on any atom is -0.370 e. The quantitative estimate of drug-likeness (QED) is 0.214. The molecule has 0 fully saturated rings. The first kappa shape index (κ1) is 26.4. The number of thiazole rings is 1. The maximum absolute atomic E-state index is 14.4. The van der Waals surface area contributed by atoms with E-state index < -0.39 is 11.9 Å².